The second-order valence-electron chi connectivity index (χ2n) is 4.36. The van der Waals surface area contributed by atoms with Crippen molar-refractivity contribution in [3.05, 3.63) is 6.07 Å². The highest BCUT2D eigenvalue weighted by atomic mass is 15.3. The molecule has 0 atom stereocenters. The summed E-state index contributed by atoms with van der Waals surface area (Å²) >= 11 is 0. The maximum atomic E-state index is 5.71. The molecule has 1 saturated heterocycles. The van der Waals surface area contributed by atoms with Crippen molar-refractivity contribution in [1.29, 1.82) is 0 Å². The Balaban J connectivity index is 2.17. The van der Waals surface area contributed by atoms with Gasteiger partial charge in [-0.2, -0.15) is 9.97 Å². The van der Waals surface area contributed by atoms with Gasteiger partial charge >= 0.3 is 0 Å². The monoisotopic (exact) mass is 236 g/mol. The lowest BCUT2D eigenvalue weighted by molar-refractivity contribution is 0.360. The predicted molar refractivity (Wildman–Crippen MR) is 70.3 cm³/mol. The van der Waals surface area contributed by atoms with Crippen LogP contribution in [0.4, 0.5) is 17.6 Å². The van der Waals surface area contributed by atoms with Gasteiger partial charge in [-0.05, 0) is 20.0 Å². The van der Waals surface area contributed by atoms with Crippen molar-refractivity contribution < 1.29 is 0 Å². The molecule has 6 heteroatoms. The van der Waals surface area contributed by atoms with E-state index in [0.29, 0.717) is 5.95 Å². The first-order valence-electron chi connectivity index (χ1n) is 5.95. The Kier molecular flexibility index (Phi) is 3.63. The molecule has 1 aromatic heterocycles. The van der Waals surface area contributed by atoms with Gasteiger partial charge in [0.2, 0.25) is 5.95 Å². The van der Waals surface area contributed by atoms with Crippen LogP contribution in [0.3, 0.4) is 0 Å². The van der Waals surface area contributed by atoms with Gasteiger partial charge in [0.1, 0.15) is 11.6 Å². The second kappa shape index (κ2) is 5.18. The SMILES string of the molecule is CNc1cc(N2CCCN(C)CC2)nc(N)n1. The molecule has 0 spiro atoms. The predicted octanol–water partition coefficient (Wildman–Crippen LogP) is 0.242. The maximum Gasteiger partial charge on any atom is 0.223 e. The van der Waals surface area contributed by atoms with Crippen LogP contribution in [-0.4, -0.2) is 55.1 Å². The molecule has 0 amide bonds. The zero-order valence-corrected chi connectivity index (χ0v) is 10.5. The van der Waals surface area contributed by atoms with Crippen LogP contribution in [0.5, 0.6) is 0 Å². The van der Waals surface area contributed by atoms with Gasteiger partial charge in [0, 0.05) is 32.7 Å². The molecule has 17 heavy (non-hydrogen) atoms. The van der Waals surface area contributed by atoms with Crippen LogP contribution in [-0.2, 0) is 0 Å². The molecule has 1 fully saturated rings. The van der Waals surface area contributed by atoms with Crippen LogP contribution in [0.1, 0.15) is 6.42 Å². The van der Waals surface area contributed by atoms with E-state index in [1.165, 1.54) is 0 Å². The van der Waals surface area contributed by atoms with Gasteiger partial charge in [-0.15, -0.1) is 0 Å². The van der Waals surface area contributed by atoms with Crippen molar-refractivity contribution in [3.63, 3.8) is 0 Å². The largest absolute Gasteiger partial charge is 0.373 e. The summed E-state index contributed by atoms with van der Waals surface area (Å²) in [6.45, 7) is 4.19. The molecule has 1 aliphatic rings. The minimum Gasteiger partial charge on any atom is -0.373 e. The number of aromatic nitrogens is 2. The smallest absolute Gasteiger partial charge is 0.223 e. The van der Waals surface area contributed by atoms with E-state index < -0.39 is 0 Å². The highest BCUT2D eigenvalue weighted by molar-refractivity contribution is 5.52. The Morgan fingerprint density at radius 2 is 2.06 bits per heavy atom. The van der Waals surface area contributed by atoms with E-state index in [4.69, 9.17) is 5.73 Å². The fourth-order valence-corrected chi connectivity index (χ4v) is 2.02. The Morgan fingerprint density at radius 1 is 1.24 bits per heavy atom. The van der Waals surface area contributed by atoms with Gasteiger partial charge < -0.3 is 20.9 Å². The summed E-state index contributed by atoms with van der Waals surface area (Å²) in [5.74, 6) is 2.01. The molecule has 0 unspecified atom stereocenters. The third-order valence-electron chi connectivity index (χ3n) is 3.03. The standard InChI is InChI=1S/C11H20N6/c1-13-9-8-10(15-11(12)14-9)17-5-3-4-16(2)6-7-17/h8H,3-7H2,1-2H3,(H3,12,13,14,15). The average Bonchev–Trinajstić information content (AvgIpc) is 2.53. The van der Waals surface area contributed by atoms with Crippen LogP contribution in [0, 0.1) is 0 Å². The van der Waals surface area contributed by atoms with E-state index in [9.17, 15) is 0 Å². The molecule has 1 aliphatic heterocycles. The first-order valence-corrected chi connectivity index (χ1v) is 5.95. The molecule has 6 nitrogen and oxygen atoms in total. The lowest BCUT2D eigenvalue weighted by Gasteiger charge is -2.22. The number of hydrogen-bond donors (Lipinski definition) is 2. The number of nitrogen functional groups attached to an aromatic ring is 1. The molecule has 1 aromatic rings. The van der Waals surface area contributed by atoms with Crippen molar-refractivity contribution >= 4 is 17.6 Å². The van der Waals surface area contributed by atoms with Crippen molar-refractivity contribution in [3.8, 4) is 0 Å². The van der Waals surface area contributed by atoms with E-state index in [-0.39, 0.29) is 0 Å². The minimum atomic E-state index is 0.324. The molecular formula is C11H20N6. The third kappa shape index (κ3) is 2.97. The summed E-state index contributed by atoms with van der Waals surface area (Å²) in [6, 6.07) is 1.95. The zero-order valence-electron chi connectivity index (χ0n) is 10.5. The van der Waals surface area contributed by atoms with Crippen molar-refractivity contribution in [2.75, 3.05) is 56.2 Å². The van der Waals surface area contributed by atoms with Crippen molar-refractivity contribution in [2.24, 2.45) is 0 Å². The third-order valence-corrected chi connectivity index (χ3v) is 3.03. The molecule has 2 heterocycles. The number of rotatable bonds is 2. The van der Waals surface area contributed by atoms with Crippen LogP contribution in [0.25, 0.3) is 0 Å². The van der Waals surface area contributed by atoms with E-state index >= 15 is 0 Å². The number of nitrogens with two attached hydrogens (primary N) is 1. The Morgan fingerprint density at radius 3 is 2.82 bits per heavy atom. The Bertz CT molecular complexity index is 380. The first kappa shape index (κ1) is 11.9. The molecule has 0 radical (unpaired) electrons. The molecular weight excluding hydrogens is 216 g/mol. The van der Waals surface area contributed by atoms with Crippen LogP contribution in [0.2, 0.25) is 0 Å². The highest BCUT2D eigenvalue weighted by Gasteiger charge is 2.14. The van der Waals surface area contributed by atoms with E-state index in [1.54, 1.807) is 0 Å². The van der Waals surface area contributed by atoms with Crippen LogP contribution < -0.4 is 16.0 Å². The average molecular weight is 236 g/mol. The Labute approximate surface area is 102 Å². The van der Waals surface area contributed by atoms with Crippen molar-refractivity contribution in [1.82, 2.24) is 14.9 Å². The Hall–Kier alpha value is -1.56. The molecule has 0 aromatic carbocycles. The van der Waals surface area contributed by atoms with E-state index in [2.05, 4.69) is 32.1 Å². The van der Waals surface area contributed by atoms with Gasteiger partial charge in [-0.25, -0.2) is 0 Å². The minimum absolute atomic E-state index is 0.324. The quantitative estimate of drug-likeness (QED) is 0.766. The highest BCUT2D eigenvalue weighted by Crippen LogP contribution is 2.18. The van der Waals surface area contributed by atoms with Crippen LogP contribution >= 0.6 is 0 Å². The normalized spacial score (nSPS) is 17.9. The lowest BCUT2D eigenvalue weighted by atomic mass is 10.3. The van der Waals surface area contributed by atoms with Crippen molar-refractivity contribution in [2.45, 2.75) is 6.42 Å². The fourth-order valence-electron chi connectivity index (χ4n) is 2.02. The number of hydrogen-bond acceptors (Lipinski definition) is 6. The lowest BCUT2D eigenvalue weighted by Crippen LogP contribution is -2.29. The van der Waals surface area contributed by atoms with Gasteiger partial charge in [-0.3, -0.25) is 0 Å². The van der Waals surface area contributed by atoms with E-state index in [1.807, 2.05) is 13.1 Å². The molecule has 0 aliphatic carbocycles. The first-order chi connectivity index (χ1) is 8.19. The summed E-state index contributed by atoms with van der Waals surface area (Å²) in [4.78, 5) is 13.0. The second-order valence-corrected chi connectivity index (χ2v) is 4.36. The summed E-state index contributed by atoms with van der Waals surface area (Å²) < 4.78 is 0. The molecule has 0 bridgehead atoms. The summed E-state index contributed by atoms with van der Waals surface area (Å²) in [7, 11) is 3.98. The summed E-state index contributed by atoms with van der Waals surface area (Å²) in [5.41, 5.74) is 5.71. The number of likely N-dealkylation sites (N-methyl/N-ethyl adjacent to an activating group) is 1. The van der Waals surface area contributed by atoms with Gasteiger partial charge in [-0.1, -0.05) is 0 Å². The molecule has 2 rings (SSSR count). The van der Waals surface area contributed by atoms with Gasteiger partial charge in [0.05, 0.1) is 0 Å². The molecule has 94 valence electrons. The number of nitrogens with one attached hydrogen (secondary N) is 1. The number of anilines is 3. The maximum absolute atomic E-state index is 5.71. The van der Waals surface area contributed by atoms with E-state index in [0.717, 1.165) is 44.2 Å². The topological polar surface area (TPSA) is 70.3 Å². The molecule has 3 N–H and O–H groups in total. The summed E-state index contributed by atoms with van der Waals surface area (Å²) in [6.07, 6.45) is 1.15. The summed E-state index contributed by atoms with van der Waals surface area (Å²) in [5, 5.41) is 3.00. The number of nitrogens with zero attached hydrogens (tertiary/aromatic N) is 4. The fraction of sp³-hybridized carbons (Fsp3) is 0.636. The van der Waals surface area contributed by atoms with Gasteiger partial charge in [0.15, 0.2) is 0 Å². The zero-order chi connectivity index (χ0) is 12.3. The van der Waals surface area contributed by atoms with Crippen LogP contribution in [0.15, 0.2) is 6.07 Å². The molecule has 0 saturated carbocycles. The van der Waals surface area contributed by atoms with Gasteiger partial charge in [0.25, 0.3) is 0 Å².